The molecule has 27 heavy (non-hydrogen) atoms. The lowest BCUT2D eigenvalue weighted by Crippen LogP contribution is -2.33. The number of benzene rings is 1. The monoisotopic (exact) mass is 369 g/mol. The molecule has 3 rings (SSSR count). The average Bonchev–Trinajstić information content (AvgIpc) is 3.01. The number of piperidine rings is 1. The van der Waals surface area contributed by atoms with Gasteiger partial charge in [0.2, 0.25) is 0 Å². The number of nitrogens with zero attached hydrogens (tertiary/aromatic N) is 5. The van der Waals surface area contributed by atoms with Crippen LogP contribution in [0.25, 0.3) is 0 Å². The highest BCUT2D eigenvalue weighted by Crippen LogP contribution is 2.29. The predicted octanol–water partition coefficient (Wildman–Crippen LogP) is 2.82. The maximum absolute atomic E-state index is 5.80. The van der Waals surface area contributed by atoms with Crippen LogP contribution in [0, 0.1) is 0 Å². The van der Waals surface area contributed by atoms with Gasteiger partial charge in [-0.15, -0.1) is 10.2 Å². The van der Waals surface area contributed by atoms with Crippen LogP contribution in [0.15, 0.2) is 36.9 Å². The van der Waals surface area contributed by atoms with Crippen molar-refractivity contribution < 1.29 is 4.74 Å². The Balaban J connectivity index is 1.58. The number of rotatable bonds is 8. The van der Waals surface area contributed by atoms with Gasteiger partial charge in [0.25, 0.3) is 0 Å². The molecule has 1 fully saturated rings. The summed E-state index contributed by atoms with van der Waals surface area (Å²) in [5.41, 5.74) is 1.24. The van der Waals surface area contributed by atoms with Gasteiger partial charge in [-0.05, 0) is 46.1 Å². The highest BCUT2D eigenvalue weighted by molar-refractivity contribution is 5.33. The van der Waals surface area contributed by atoms with Crippen LogP contribution in [0.1, 0.15) is 36.0 Å². The van der Waals surface area contributed by atoms with Crippen molar-refractivity contribution in [2.75, 3.05) is 33.8 Å². The van der Waals surface area contributed by atoms with Crippen molar-refractivity contribution in [2.24, 2.45) is 7.05 Å². The maximum atomic E-state index is 5.80. The van der Waals surface area contributed by atoms with E-state index < -0.39 is 0 Å². The van der Waals surface area contributed by atoms with Crippen LogP contribution in [0.5, 0.6) is 5.75 Å². The molecule has 0 spiro atoms. The van der Waals surface area contributed by atoms with Gasteiger partial charge in [0.05, 0.1) is 6.54 Å². The molecule has 6 nitrogen and oxygen atoms in total. The van der Waals surface area contributed by atoms with Crippen LogP contribution in [0.3, 0.4) is 0 Å². The molecule has 0 saturated carbocycles. The summed E-state index contributed by atoms with van der Waals surface area (Å²) in [4.78, 5) is 4.63. The first-order valence-corrected chi connectivity index (χ1v) is 9.65. The largest absolute Gasteiger partial charge is 0.489 e. The van der Waals surface area contributed by atoms with E-state index >= 15 is 0 Å². The van der Waals surface area contributed by atoms with Crippen molar-refractivity contribution in [3.63, 3.8) is 0 Å². The van der Waals surface area contributed by atoms with E-state index in [-0.39, 0.29) is 0 Å². The third kappa shape index (κ3) is 4.96. The molecular formula is C21H31N5O. The van der Waals surface area contributed by atoms with Gasteiger partial charge in [-0.2, -0.15) is 0 Å². The van der Waals surface area contributed by atoms with Crippen LogP contribution in [-0.2, 0) is 20.1 Å². The van der Waals surface area contributed by atoms with Gasteiger partial charge in [0, 0.05) is 25.1 Å². The molecule has 0 aliphatic carbocycles. The van der Waals surface area contributed by atoms with Crippen LogP contribution in [-0.4, -0.2) is 58.4 Å². The van der Waals surface area contributed by atoms with Gasteiger partial charge >= 0.3 is 0 Å². The summed E-state index contributed by atoms with van der Waals surface area (Å²) >= 11 is 0. The lowest BCUT2D eigenvalue weighted by molar-refractivity contribution is 0.197. The quantitative estimate of drug-likeness (QED) is 0.670. The maximum Gasteiger partial charge on any atom is 0.146 e. The van der Waals surface area contributed by atoms with Gasteiger partial charge in [0.15, 0.2) is 0 Å². The molecule has 1 aromatic heterocycles. The Labute approximate surface area is 162 Å². The fraction of sp³-hybridized carbons (Fsp3) is 0.524. The highest BCUT2D eigenvalue weighted by Gasteiger charge is 2.25. The van der Waals surface area contributed by atoms with Crippen LogP contribution < -0.4 is 4.74 Å². The molecule has 2 aromatic rings. The van der Waals surface area contributed by atoms with Crippen molar-refractivity contribution in [1.82, 2.24) is 24.6 Å². The van der Waals surface area contributed by atoms with E-state index in [4.69, 9.17) is 4.74 Å². The first kappa shape index (κ1) is 19.6. The molecule has 146 valence electrons. The summed E-state index contributed by atoms with van der Waals surface area (Å²) in [6.45, 7) is 8.15. The molecule has 1 saturated heterocycles. The lowest BCUT2D eigenvalue weighted by atomic mass is 9.95. The Morgan fingerprint density at radius 2 is 1.96 bits per heavy atom. The molecule has 0 N–H and O–H groups in total. The van der Waals surface area contributed by atoms with Crippen molar-refractivity contribution in [3.05, 3.63) is 54.1 Å². The Morgan fingerprint density at radius 3 is 2.67 bits per heavy atom. The second kappa shape index (κ2) is 9.15. The Bertz CT molecular complexity index is 747. The van der Waals surface area contributed by atoms with Gasteiger partial charge < -0.3 is 14.2 Å². The van der Waals surface area contributed by atoms with Gasteiger partial charge in [-0.25, -0.2) is 0 Å². The topological polar surface area (TPSA) is 46.4 Å². The number of aromatic nitrogens is 3. The summed E-state index contributed by atoms with van der Waals surface area (Å²) in [6, 6.07) is 8.29. The molecular weight excluding hydrogens is 338 g/mol. The van der Waals surface area contributed by atoms with E-state index in [1.165, 1.54) is 5.56 Å². The van der Waals surface area contributed by atoms with Crippen molar-refractivity contribution in [1.29, 1.82) is 0 Å². The fourth-order valence-corrected chi connectivity index (χ4v) is 3.67. The first-order chi connectivity index (χ1) is 13.1. The summed E-state index contributed by atoms with van der Waals surface area (Å²) in [5.74, 6) is 3.61. The summed E-state index contributed by atoms with van der Waals surface area (Å²) < 4.78 is 7.98. The zero-order valence-corrected chi connectivity index (χ0v) is 16.8. The number of hydrogen-bond donors (Lipinski definition) is 0. The number of ether oxygens (including phenoxy) is 1. The molecule has 1 aliphatic heterocycles. The number of hydrogen-bond acceptors (Lipinski definition) is 5. The Morgan fingerprint density at radius 1 is 1.22 bits per heavy atom. The standard InChI is InChI=1S/C21H31N5O/c1-5-14-27-19-9-7-6-8-18(19)15-26-12-10-17(11-13-26)21-23-22-20(25(21)4)16-24(2)3/h5-9,17H,1,10-16H2,2-4H3. The molecule has 1 aromatic carbocycles. The number of likely N-dealkylation sites (tertiary alicyclic amines) is 1. The molecule has 0 unspecified atom stereocenters. The van der Waals surface area contributed by atoms with Crippen LogP contribution >= 0.6 is 0 Å². The zero-order valence-electron chi connectivity index (χ0n) is 16.8. The normalized spacial score (nSPS) is 16.0. The molecule has 2 heterocycles. The van der Waals surface area contributed by atoms with Crippen LogP contribution in [0.2, 0.25) is 0 Å². The third-order valence-electron chi connectivity index (χ3n) is 5.13. The minimum atomic E-state index is 0.488. The average molecular weight is 370 g/mol. The Hall–Kier alpha value is -2.18. The van der Waals surface area contributed by atoms with E-state index in [0.29, 0.717) is 12.5 Å². The highest BCUT2D eigenvalue weighted by atomic mass is 16.5. The molecule has 0 amide bonds. The van der Waals surface area contributed by atoms with Gasteiger partial charge in [0.1, 0.15) is 24.0 Å². The smallest absolute Gasteiger partial charge is 0.146 e. The molecule has 0 radical (unpaired) electrons. The first-order valence-electron chi connectivity index (χ1n) is 9.65. The SMILES string of the molecule is C=CCOc1ccccc1CN1CCC(c2nnc(CN(C)C)n2C)CC1. The van der Waals surface area contributed by atoms with E-state index in [0.717, 1.165) is 56.4 Å². The van der Waals surface area contributed by atoms with Gasteiger partial charge in [-0.1, -0.05) is 30.9 Å². The summed E-state index contributed by atoms with van der Waals surface area (Å²) in [6.07, 6.45) is 4.01. The minimum absolute atomic E-state index is 0.488. The molecule has 6 heteroatoms. The third-order valence-corrected chi connectivity index (χ3v) is 5.13. The summed E-state index contributed by atoms with van der Waals surface area (Å²) in [5, 5.41) is 8.88. The van der Waals surface area contributed by atoms with Crippen molar-refractivity contribution in [2.45, 2.75) is 31.8 Å². The van der Waals surface area contributed by atoms with E-state index in [1.54, 1.807) is 6.08 Å². The minimum Gasteiger partial charge on any atom is -0.489 e. The molecule has 0 bridgehead atoms. The van der Waals surface area contributed by atoms with Gasteiger partial charge in [-0.3, -0.25) is 4.90 Å². The summed E-state index contributed by atoms with van der Waals surface area (Å²) in [7, 11) is 6.21. The second-order valence-corrected chi connectivity index (χ2v) is 7.53. The van der Waals surface area contributed by atoms with E-state index in [2.05, 4.69) is 64.4 Å². The predicted molar refractivity (Wildman–Crippen MR) is 108 cm³/mol. The van der Waals surface area contributed by atoms with E-state index in [9.17, 15) is 0 Å². The van der Waals surface area contributed by atoms with Crippen LogP contribution in [0.4, 0.5) is 0 Å². The van der Waals surface area contributed by atoms with Crippen molar-refractivity contribution in [3.8, 4) is 5.75 Å². The second-order valence-electron chi connectivity index (χ2n) is 7.53. The fourth-order valence-electron chi connectivity index (χ4n) is 3.67. The lowest BCUT2D eigenvalue weighted by Gasteiger charge is -2.31. The van der Waals surface area contributed by atoms with Crippen molar-refractivity contribution >= 4 is 0 Å². The molecule has 0 atom stereocenters. The van der Waals surface area contributed by atoms with E-state index in [1.807, 2.05) is 12.1 Å². The Kier molecular flexibility index (Phi) is 6.63. The zero-order chi connectivity index (χ0) is 19.2. The molecule has 1 aliphatic rings. The number of para-hydroxylation sites is 1.